The van der Waals surface area contributed by atoms with Crippen molar-refractivity contribution in [1.82, 2.24) is 9.97 Å². The van der Waals surface area contributed by atoms with Crippen LogP contribution in [0.1, 0.15) is 5.56 Å². The zero-order valence-corrected chi connectivity index (χ0v) is 9.10. The maximum absolute atomic E-state index is 13.1. The Hall–Kier alpha value is -1.76. The Bertz CT molecular complexity index is 652. The van der Waals surface area contributed by atoms with Gasteiger partial charge in [0.15, 0.2) is 0 Å². The van der Waals surface area contributed by atoms with Crippen molar-refractivity contribution < 1.29 is 17.9 Å². The van der Waals surface area contributed by atoms with Crippen molar-refractivity contribution in [3.05, 3.63) is 34.2 Å². The minimum absolute atomic E-state index is 0.115. The van der Waals surface area contributed by atoms with Crippen molar-refractivity contribution in [3.8, 4) is 0 Å². The molecule has 1 aromatic carbocycles. The van der Waals surface area contributed by atoms with E-state index in [9.17, 15) is 18.0 Å². The van der Waals surface area contributed by atoms with E-state index in [2.05, 4.69) is 9.97 Å². The van der Waals surface area contributed by atoms with Crippen molar-refractivity contribution in [1.29, 1.82) is 0 Å². The first kappa shape index (κ1) is 11.3. The predicted octanol–water partition coefficient (Wildman–Crippen LogP) is 1.69. The lowest BCUT2D eigenvalue weighted by Crippen LogP contribution is -2.57. The van der Waals surface area contributed by atoms with E-state index >= 15 is 0 Å². The quantitative estimate of drug-likeness (QED) is 0.817. The number of halogens is 3. The second-order valence-electron chi connectivity index (χ2n) is 4.41. The molecule has 0 bridgehead atoms. The summed E-state index contributed by atoms with van der Waals surface area (Å²) >= 11 is 0. The third kappa shape index (κ3) is 1.40. The largest absolute Gasteiger partial charge is 0.402 e. The van der Waals surface area contributed by atoms with E-state index in [1.165, 1.54) is 18.2 Å². The van der Waals surface area contributed by atoms with Crippen molar-refractivity contribution in [3.63, 3.8) is 0 Å². The predicted molar refractivity (Wildman–Crippen MR) is 57.5 cm³/mol. The minimum Gasteiger partial charge on any atom is -0.379 e. The smallest absolute Gasteiger partial charge is 0.379 e. The lowest BCUT2D eigenvalue weighted by atomic mass is 9.78. The molecule has 0 amide bonds. The van der Waals surface area contributed by atoms with Gasteiger partial charge in [0.05, 0.1) is 24.2 Å². The van der Waals surface area contributed by atoms with E-state index in [0.717, 1.165) is 0 Å². The third-order valence-corrected chi connectivity index (χ3v) is 3.31. The Kier molecular flexibility index (Phi) is 2.13. The average Bonchev–Trinajstić information content (AvgIpc) is 2.52. The Morgan fingerprint density at radius 3 is 2.39 bits per heavy atom. The molecule has 2 heterocycles. The van der Waals surface area contributed by atoms with Gasteiger partial charge in [-0.3, -0.25) is 0 Å². The topological polar surface area (TPSA) is 57.9 Å². The third-order valence-electron chi connectivity index (χ3n) is 3.31. The van der Waals surface area contributed by atoms with Gasteiger partial charge in [-0.1, -0.05) is 6.07 Å². The molecule has 0 saturated carbocycles. The van der Waals surface area contributed by atoms with Crippen LogP contribution in [-0.4, -0.2) is 29.4 Å². The summed E-state index contributed by atoms with van der Waals surface area (Å²) in [7, 11) is 0. The highest BCUT2D eigenvalue weighted by Gasteiger charge is 2.61. The fourth-order valence-electron chi connectivity index (χ4n) is 2.13. The zero-order chi connectivity index (χ0) is 13.0. The van der Waals surface area contributed by atoms with Gasteiger partial charge in [-0.25, -0.2) is 4.79 Å². The molecule has 2 N–H and O–H groups in total. The second-order valence-corrected chi connectivity index (χ2v) is 4.41. The standard InChI is InChI=1S/C11H9F3N2O2/c12-11(13,14)10(4-18-5-10)6-1-2-7-8(3-6)16-9(17)15-7/h1-3H,4-5H2,(H2,15,16,17). The van der Waals surface area contributed by atoms with Gasteiger partial charge in [-0.05, 0) is 17.7 Å². The van der Waals surface area contributed by atoms with Crippen LogP contribution in [0.3, 0.4) is 0 Å². The molecule has 7 heteroatoms. The number of benzene rings is 1. The van der Waals surface area contributed by atoms with Crippen LogP contribution >= 0.6 is 0 Å². The number of hydrogen-bond donors (Lipinski definition) is 2. The number of rotatable bonds is 1. The fourth-order valence-corrected chi connectivity index (χ4v) is 2.13. The van der Waals surface area contributed by atoms with E-state index in [-0.39, 0.29) is 18.8 Å². The molecule has 1 fully saturated rings. The molecule has 96 valence electrons. The first-order valence-corrected chi connectivity index (χ1v) is 5.29. The maximum atomic E-state index is 13.1. The van der Waals surface area contributed by atoms with Crippen molar-refractivity contribution in [2.24, 2.45) is 0 Å². The van der Waals surface area contributed by atoms with Gasteiger partial charge in [0.2, 0.25) is 0 Å². The van der Waals surface area contributed by atoms with Gasteiger partial charge in [-0.15, -0.1) is 0 Å². The summed E-state index contributed by atoms with van der Waals surface area (Å²) in [5.41, 5.74) is -1.42. The van der Waals surface area contributed by atoms with E-state index in [0.29, 0.717) is 11.0 Å². The monoisotopic (exact) mass is 258 g/mol. The lowest BCUT2D eigenvalue weighted by molar-refractivity contribution is -0.262. The zero-order valence-electron chi connectivity index (χ0n) is 9.10. The van der Waals surface area contributed by atoms with Crippen LogP contribution in [0.4, 0.5) is 13.2 Å². The summed E-state index contributed by atoms with van der Waals surface area (Å²) in [6.07, 6.45) is -4.37. The number of fused-ring (bicyclic) bond motifs is 1. The molecule has 18 heavy (non-hydrogen) atoms. The van der Waals surface area contributed by atoms with Crippen molar-refractivity contribution >= 4 is 11.0 Å². The molecular weight excluding hydrogens is 249 g/mol. The second kappa shape index (κ2) is 3.38. The van der Waals surface area contributed by atoms with Crippen molar-refractivity contribution in [2.75, 3.05) is 13.2 Å². The molecule has 0 unspecified atom stereocenters. The summed E-state index contributed by atoms with van der Waals surface area (Å²) in [5, 5.41) is 0. The number of alkyl halides is 3. The summed E-state index contributed by atoms with van der Waals surface area (Å²) in [6.45, 7) is -0.757. The highest BCUT2D eigenvalue weighted by molar-refractivity contribution is 5.75. The molecule has 1 aliphatic heterocycles. The van der Waals surface area contributed by atoms with Crippen LogP contribution < -0.4 is 5.69 Å². The molecular formula is C11H9F3N2O2. The summed E-state index contributed by atoms with van der Waals surface area (Å²) < 4.78 is 44.0. The van der Waals surface area contributed by atoms with Crippen LogP contribution in [0.5, 0.6) is 0 Å². The first-order valence-electron chi connectivity index (χ1n) is 5.29. The van der Waals surface area contributed by atoms with E-state index in [4.69, 9.17) is 4.74 Å². The number of aromatic amines is 2. The Balaban J connectivity index is 2.16. The minimum atomic E-state index is -4.37. The Morgan fingerprint density at radius 2 is 1.83 bits per heavy atom. The Labute approximate surface area is 98.8 Å². The summed E-state index contributed by atoms with van der Waals surface area (Å²) in [5.74, 6) is 0. The van der Waals surface area contributed by atoms with Crippen LogP contribution in [0, 0.1) is 0 Å². The van der Waals surface area contributed by atoms with E-state index in [1.807, 2.05) is 0 Å². The highest BCUT2D eigenvalue weighted by Crippen LogP contribution is 2.46. The van der Waals surface area contributed by atoms with Crippen molar-refractivity contribution in [2.45, 2.75) is 11.6 Å². The normalized spacial score (nSPS) is 18.8. The number of aromatic nitrogens is 2. The number of imidazole rings is 1. The maximum Gasteiger partial charge on any atom is 0.402 e. The molecule has 0 radical (unpaired) electrons. The molecule has 3 rings (SSSR count). The molecule has 0 aliphatic carbocycles. The number of hydrogen-bond acceptors (Lipinski definition) is 2. The van der Waals surface area contributed by atoms with E-state index < -0.39 is 17.3 Å². The van der Waals surface area contributed by atoms with Gasteiger partial charge in [0.25, 0.3) is 0 Å². The van der Waals surface area contributed by atoms with Gasteiger partial charge in [0.1, 0.15) is 5.41 Å². The number of nitrogens with one attached hydrogen (secondary N) is 2. The van der Waals surface area contributed by atoms with Crippen LogP contribution in [0.2, 0.25) is 0 Å². The summed E-state index contributed by atoms with van der Waals surface area (Å²) in [4.78, 5) is 16.0. The SMILES string of the molecule is O=c1[nH]c2ccc(C3(C(F)(F)F)COC3)cc2[nH]1. The molecule has 2 aromatic rings. The molecule has 4 nitrogen and oxygen atoms in total. The van der Waals surface area contributed by atoms with Gasteiger partial charge < -0.3 is 14.7 Å². The number of H-pyrrole nitrogens is 2. The highest BCUT2D eigenvalue weighted by atomic mass is 19.4. The fraction of sp³-hybridized carbons (Fsp3) is 0.364. The van der Waals surface area contributed by atoms with Gasteiger partial charge in [-0.2, -0.15) is 13.2 Å². The molecule has 1 aromatic heterocycles. The Morgan fingerprint density at radius 1 is 1.17 bits per heavy atom. The molecule has 1 aliphatic rings. The number of ether oxygens (including phenoxy) is 1. The van der Waals surface area contributed by atoms with E-state index in [1.54, 1.807) is 0 Å². The molecule has 1 saturated heterocycles. The molecule has 0 spiro atoms. The molecule has 0 atom stereocenters. The lowest BCUT2D eigenvalue weighted by Gasteiger charge is -2.42. The summed E-state index contributed by atoms with van der Waals surface area (Å²) in [6, 6.07) is 4.19. The van der Waals surface area contributed by atoms with Crippen LogP contribution in [-0.2, 0) is 10.2 Å². The average molecular weight is 258 g/mol. The van der Waals surface area contributed by atoms with Gasteiger partial charge in [0, 0.05) is 0 Å². The van der Waals surface area contributed by atoms with Crippen LogP contribution in [0.25, 0.3) is 11.0 Å². The first-order chi connectivity index (χ1) is 8.42. The van der Waals surface area contributed by atoms with Crippen LogP contribution in [0.15, 0.2) is 23.0 Å². The van der Waals surface area contributed by atoms with Gasteiger partial charge >= 0.3 is 11.9 Å².